The number of benzene rings is 2. The van der Waals surface area contributed by atoms with Gasteiger partial charge in [0.25, 0.3) is 5.91 Å². The zero-order valence-electron chi connectivity index (χ0n) is 16.1. The van der Waals surface area contributed by atoms with Gasteiger partial charge in [-0.25, -0.2) is 4.98 Å². The van der Waals surface area contributed by atoms with E-state index in [1.807, 2.05) is 66.9 Å². The van der Waals surface area contributed by atoms with E-state index in [4.69, 9.17) is 0 Å². The molecule has 6 heteroatoms. The maximum Gasteiger partial charge on any atom is 0.251 e. The minimum Gasteiger partial charge on any atom is -0.352 e. The van der Waals surface area contributed by atoms with E-state index in [9.17, 15) is 9.59 Å². The number of nitrogens with one attached hydrogen (secondary N) is 2. The first-order chi connectivity index (χ1) is 13.5. The third-order valence-corrected chi connectivity index (χ3v) is 4.98. The lowest BCUT2D eigenvalue weighted by Crippen LogP contribution is -2.32. The molecule has 0 saturated heterocycles. The summed E-state index contributed by atoms with van der Waals surface area (Å²) >= 11 is 0. The number of amides is 2. The smallest absolute Gasteiger partial charge is 0.251 e. The minimum atomic E-state index is -0.338. The van der Waals surface area contributed by atoms with Gasteiger partial charge in [-0.1, -0.05) is 29.8 Å². The molecule has 0 radical (unpaired) electrons. The molecule has 0 bridgehead atoms. The van der Waals surface area contributed by atoms with E-state index in [1.54, 1.807) is 0 Å². The number of aromatic nitrogens is 2. The van der Waals surface area contributed by atoms with E-state index in [0.717, 1.165) is 29.4 Å². The molecule has 0 spiro atoms. The van der Waals surface area contributed by atoms with Crippen LogP contribution >= 0.6 is 0 Å². The van der Waals surface area contributed by atoms with Gasteiger partial charge in [0.2, 0.25) is 5.91 Å². The molecule has 28 heavy (non-hydrogen) atoms. The van der Waals surface area contributed by atoms with Gasteiger partial charge in [-0.2, -0.15) is 0 Å². The van der Waals surface area contributed by atoms with E-state index >= 15 is 0 Å². The molecule has 2 aromatic carbocycles. The Morgan fingerprint density at radius 1 is 1.14 bits per heavy atom. The Morgan fingerprint density at radius 2 is 1.86 bits per heavy atom. The van der Waals surface area contributed by atoms with Crippen LogP contribution < -0.4 is 10.6 Å². The Balaban J connectivity index is 1.59. The lowest BCUT2D eigenvalue weighted by molar-refractivity contribution is -0.121. The fourth-order valence-corrected chi connectivity index (χ4v) is 3.28. The van der Waals surface area contributed by atoms with Crippen LogP contribution in [0.15, 0.2) is 48.5 Å². The highest BCUT2D eigenvalue weighted by molar-refractivity contribution is 5.94. The number of hydrogen-bond donors (Lipinski definition) is 2. The molecule has 1 fully saturated rings. The topological polar surface area (TPSA) is 76.0 Å². The van der Waals surface area contributed by atoms with E-state index in [1.165, 1.54) is 0 Å². The summed E-state index contributed by atoms with van der Waals surface area (Å²) in [5, 5.41) is 6.03. The molecule has 1 unspecified atom stereocenters. The summed E-state index contributed by atoms with van der Waals surface area (Å²) in [6, 6.07) is 15.1. The van der Waals surface area contributed by atoms with Gasteiger partial charge in [0.05, 0.1) is 17.1 Å². The van der Waals surface area contributed by atoms with Crippen molar-refractivity contribution >= 4 is 22.8 Å². The fourth-order valence-electron chi connectivity index (χ4n) is 3.28. The number of para-hydroxylation sites is 2. The first-order valence-electron chi connectivity index (χ1n) is 9.63. The van der Waals surface area contributed by atoms with Gasteiger partial charge in [-0.3, -0.25) is 9.59 Å². The average Bonchev–Trinajstić information content (AvgIpc) is 3.41. The van der Waals surface area contributed by atoms with Gasteiger partial charge in [-0.05, 0) is 51.0 Å². The van der Waals surface area contributed by atoms with Gasteiger partial charge in [0.1, 0.15) is 12.4 Å². The van der Waals surface area contributed by atoms with Crippen molar-refractivity contribution in [3.63, 3.8) is 0 Å². The zero-order chi connectivity index (χ0) is 19.7. The molecular weight excluding hydrogens is 352 g/mol. The highest BCUT2D eigenvalue weighted by Gasteiger charge is 2.25. The van der Waals surface area contributed by atoms with Crippen LogP contribution in [0.5, 0.6) is 0 Å². The number of aryl methyl sites for hydroxylation is 1. The Bertz CT molecular complexity index is 1020. The second-order valence-electron chi connectivity index (χ2n) is 7.45. The normalized spacial score (nSPS) is 14.6. The standard InChI is InChI=1S/C22H24N4O2/c1-14-7-9-16(10-8-14)22(28)23-15(2)21-25-18-5-3-4-6-19(18)26(21)13-20(27)24-17-11-12-17/h3-10,15,17H,11-13H2,1-2H3,(H,23,28)(H,24,27). The van der Waals surface area contributed by atoms with Crippen molar-refractivity contribution in [2.45, 2.75) is 45.3 Å². The number of carbonyl (C=O) groups is 2. The number of rotatable bonds is 6. The lowest BCUT2D eigenvalue weighted by atomic mass is 10.1. The molecule has 4 rings (SSSR count). The van der Waals surface area contributed by atoms with Crippen molar-refractivity contribution in [3.8, 4) is 0 Å². The molecule has 6 nitrogen and oxygen atoms in total. The summed E-state index contributed by atoms with van der Waals surface area (Å²) in [5.74, 6) is 0.491. The number of hydrogen-bond acceptors (Lipinski definition) is 3. The Hall–Kier alpha value is -3.15. The summed E-state index contributed by atoms with van der Waals surface area (Å²) in [6.45, 7) is 4.07. The van der Waals surface area contributed by atoms with Crippen LogP contribution in [0, 0.1) is 6.92 Å². The monoisotopic (exact) mass is 376 g/mol. The summed E-state index contributed by atoms with van der Waals surface area (Å²) in [7, 11) is 0. The van der Waals surface area contributed by atoms with Crippen molar-refractivity contribution in [3.05, 3.63) is 65.5 Å². The van der Waals surface area contributed by atoms with Crippen molar-refractivity contribution in [2.75, 3.05) is 0 Å². The molecule has 0 aliphatic heterocycles. The number of imidazole rings is 1. The van der Waals surface area contributed by atoms with Crippen molar-refractivity contribution in [1.29, 1.82) is 0 Å². The average molecular weight is 376 g/mol. The van der Waals surface area contributed by atoms with Gasteiger partial charge in [0.15, 0.2) is 0 Å². The fraction of sp³-hybridized carbons (Fsp3) is 0.318. The molecule has 1 heterocycles. The van der Waals surface area contributed by atoms with Crippen molar-refractivity contribution in [2.24, 2.45) is 0 Å². The van der Waals surface area contributed by atoms with Crippen LogP contribution in [0.25, 0.3) is 11.0 Å². The third-order valence-electron chi connectivity index (χ3n) is 4.98. The quantitative estimate of drug-likeness (QED) is 0.694. The first-order valence-corrected chi connectivity index (χ1v) is 9.63. The molecule has 1 atom stereocenters. The van der Waals surface area contributed by atoms with Gasteiger partial charge < -0.3 is 15.2 Å². The summed E-state index contributed by atoms with van der Waals surface area (Å²) in [6.07, 6.45) is 2.10. The molecule has 144 valence electrons. The van der Waals surface area contributed by atoms with E-state index in [0.29, 0.717) is 17.4 Å². The molecule has 1 aliphatic carbocycles. The SMILES string of the molecule is Cc1ccc(C(=O)NC(C)c2nc3ccccc3n2CC(=O)NC2CC2)cc1. The van der Waals surface area contributed by atoms with Crippen LogP contribution in [0.3, 0.4) is 0 Å². The van der Waals surface area contributed by atoms with Crippen LogP contribution in [-0.2, 0) is 11.3 Å². The van der Waals surface area contributed by atoms with Crippen LogP contribution in [0.1, 0.15) is 47.6 Å². The molecular formula is C22H24N4O2. The summed E-state index contributed by atoms with van der Waals surface area (Å²) < 4.78 is 1.90. The molecule has 2 amide bonds. The second kappa shape index (κ2) is 7.46. The summed E-state index contributed by atoms with van der Waals surface area (Å²) in [4.78, 5) is 29.7. The number of nitrogens with zero attached hydrogens (tertiary/aromatic N) is 2. The predicted molar refractivity (Wildman–Crippen MR) is 108 cm³/mol. The highest BCUT2D eigenvalue weighted by atomic mass is 16.2. The lowest BCUT2D eigenvalue weighted by Gasteiger charge is -2.16. The van der Waals surface area contributed by atoms with E-state index in [-0.39, 0.29) is 24.4 Å². The third kappa shape index (κ3) is 3.91. The Kier molecular flexibility index (Phi) is 4.86. The van der Waals surface area contributed by atoms with E-state index in [2.05, 4.69) is 15.6 Å². The van der Waals surface area contributed by atoms with Crippen LogP contribution in [0.2, 0.25) is 0 Å². The predicted octanol–water partition coefficient (Wildman–Crippen LogP) is 3.11. The minimum absolute atomic E-state index is 0.0241. The first kappa shape index (κ1) is 18.2. The van der Waals surface area contributed by atoms with Gasteiger partial charge in [0, 0.05) is 11.6 Å². The maximum atomic E-state index is 12.6. The van der Waals surface area contributed by atoms with Crippen molar-refractivity contribution < 1.29 is 9.59 Å². The van der Waals surface area contributed by atoms with Gasteiger partial charge >= 0.3 is 0 Å². The Labute approximate surface area is 164 Å². The largest absolute Gasteiger partial charge is 0.352 e. The molecule has 1 saturated carbocycles. The second-order valence-corrected chi connectivity index (χ2v) is 7.45. The highest BCUT2D eigenvalue weighted by Crippen LogP contribution is 2.22. The van der Waals surface area contributed by atoms with Gasteiger partial charge in [-0.15, -0.1) is 0 Å². The molecule has 1 aliphatic rings. The summed E-state index contributed by atoms with van der Waals surface area (Å²) in [5.41, 5.74) is 3.41. The van der Waals surface area contributed by atoms with E-state index < -0.39 is 0 Å². The molecule has 2 N–H and O–H groups in total. The van der Waals surface area contributed by atoms with Crippen LogP contribution in [-0.4, -0.2) is 27.4 Å². The molecule has 3 aromatic rings. The zero-order valence-corrected chi connectivity index (χ0v) is 16.1. The number of fused-ring (bicyclic) bond motifs is 1. The van der Waals surface area contributed by atoms with Crippen LogP contribution in [0.4, 0.5) is 0 Å². The Morgan fingerprint density at radius 3 is 2.57 bits per heavy atom. The molecule has 1 aromatic heterocycles. The number of carbonyl (C=O) groups excluding carboxylic acids is 2. The maximum absolute atomic E-state index is 12.6. The van der Waals surface area contributed by atoms with Crippen molar-refractivity contribution in [1.82, 2.24) is 20.2 Å².